The van der Waals surface area contributed by atoms with E-state index in [1.165, 1.54) is 4.90 Å². The molecule has 0 fully saturated rings. The Morgan fingerprint density at radius 1 is 1.45 bits per heavy atom. The van der Waals surface area contributed by atoms with Crippen molar-refractivity contribution in [1.29, 1.82) is 0 Å². The van der Waals surface area contributed by atoms with Gasteiger partial charge in [0.15, 0.2) is 0 Å². The van der Waals surface area contributed by atoms with Gasteiger partial charge in [-0.2, -0.15) is 11.8 Å². The van der Waals surface area contributed by atoms with Crippen LogP contribution in [0.15, 0.2) is 24.3 Å². The third-order valence-corrected chi connectivity index (χ3v) is 3.98. The SMILES string of the molecule is CSCCCNC(=O)N1c2ccccc2CC1C(=O)O. The summed E-state index contributed by atoms with van der Waals surface area (Å²) in [6.45, 7) is 0.560. The van der Waals surface area contributed by atoms with Crippen LogP contribution < -0.4 is 10.2 Å². The van der Waals surface area contributed by atoms with Gasteiger partial charge in [0.1, 0.15) is 6.04 Å². The molecule has 0 saturated heterocycles. The largest absolute Gasteiger partial charge is 0.480 e. The minimum Gasteiger partial charge on any atom is -0.480 e. The fourth-order valence-electron chi connectivity index (χ4n) is 2.33. The maximum absolute atomic E-state index is 12.2. The molecule has 1 aromatic carbocycles. The van der Waals surface area contributed by atoms with Crippen molar-refractivity contribution in [3.63, 3.8) is 0 Å². The van der Waals surface area contributed by atoms with Gasteiger partial charge >= 0.3 is 12.0 Å². The highest BCUT2D eigenvalue weighted by Crippen LogP contribution is 2.32. The van der Waals surface area contributed by atoms with Crippen LogP contribution in [0, 0.1) is 0 Å². The first-order chi connectivity index (χ1) is 9.65. The summed E-state index contributed by atoms with van der Waals surface area (Å²) in [5.74, 6) is -0.000338. The van der Waals surface area contributed by atoms with Gasteiger partial charge in [0.05, 0.1) is 0 Å². The number of carboxylic acid groups (broad SMARTS) is 1. The lowest BCUT2D eigenvalue weighted by Gasteiger charge is -2.23. The summed E-state index contributed by atoms with van der Waals surface area (Å²) in [7, 11) is 0. The summed E-state index contributed by atoms with van der Waals surface area (Å²) in [4.78, 5) is 24.9. The molecule has 1 unspecified atom stereocenters. The molecule has 0 saturated carbocycles. The van der Waals surface area contributed by atoms with Crippen LogP contribution >= 0.6 is 11.8 Å². The number of anilines is 1. The number of para-hydroxylation sites is 1. The van der Waals surface area contributed by atoms with Crippen LogP contribution in [0.25, 0.3) is 0 Å². The minimum absolute atomic E-state index is 0.330. The minimum atomic E-state index is -0.972. The van der Waals surface area contributed by atoms with Crippen molar-refractivity contribution in [2.45, 2.75) is 18.9 Å². The normalized spacial score (nSPS) is 16.9. The maximum Gasteiger partial charge on any atom is 0.327 e. The van der Waals surface area contributed by atoms with Crippen molar-refractivity contribution in [3.8, 4) is 0 Å². The standard InChI is InChI=1S/C14H18N2O3S/c1-20-8-4-7-15-14(19)16-11-6-3-2-5-10(11)9-12(16)13(17)18/h2-3,5-6,12H,4,7-9H2,1H3,(H,15,19)(H,17,18). The molecule has 0 radical (unpaired) electrons. The van der Waals surface area contributed by atoms with Crippen molar-refractivity contribution in [1.82, 2.24) is 5.32 Å². The highest BCUT2D eigenvalue weighted by Gasteiger charge is 2.38. The van der Waals surface area contributed by atoms with E-state index in [4.69, 9.17) is 0 Å². The number of urea groups is 1. The van der Waals surface area contributed by atoms with Crippen molar-refractivity contribution in [2.24, 2.45) is 0 Å². The summed E-state index contributed by atoms with van der Waals surface area (Å²) < 4.78 is 0. The summed E-state index contributed by atoms with van der Waals surface area (Å²) in [6, 6.07) is 6.19. The molecule has 0 aromatic heterocycles. The van der Waals surface area contributed by atoms with E-state index in [1.807, 2.05) is 24.5 Å². The fourth-order valence-corrected chi connectivity index (χ4v) is 2.76. The fraction of sp³-hybridized carbons (Fsp3) is 0.429. The van der Waals surface area contributed by atoms with E-state index in [0.29, 0.717) is 18.7 Å². The van der Waals surface area contributed by atoms with Crippen LogP contribution in [0.2, 0.25) is 0 Å². The topological polar surface area (TPSA) is 69.6 Å². The molecule has 1 aliphatic rings. The van der Waals surface area contributed by atoms with Gasteiger partial charge in [0.2, 0.25) is 0 Å². The molecule has 0 spiro atoms. The first-order valence-corrected chi connectivity index (χ1v) is 7.91. The summed E-state index contributed by atoms with van der Waals surface area (Å²) >= 11 is 1.72. The zero-order valence-electron chi connectivity index (χ0n) is 11.3. The zero-order valence-corrected chi connectivity index (χ0v) is 12.2. The molecule has 1 heterocycles. The van der Waals surface area contributed by atoms with Gasteiger partial charge in [-0.1, -0.05) is 18.2 Å². The first-order valence-electron chi connectivity index (χ1n) is 6.52. The number of hydrogen-bond acceptors (Lipinski definition) is 3. The number of carbonyl (C=O) groups excluding carboxylic acids is 1. The summed E-state index contributed by atoms with van der Waals surface area (Å²) in [5.41, 5.74) is 1.60. The Bertz CT molecular complexity index is 507. The quantitative estimate of drug-likeness (QED) is 0.815. The Morgan fingerprint density at radius 3 is 2.90 bits per heavy atom. The van der Waals surface area contributed by atoms with E-state index in [0.717, 1.165) is 17.7 Å². The lowest BCUT2D eigenvalue weighted by Crippen LogP contribution is -2.48. The van der Waals surface area contributed by atoms with E-state index in [1.54, 1.807) is 17.8 Å². The van der Waals surface area contributed by atoms with Crippen LogP contribution in [0.3, 0.4) is 0 Å². The number of carbonyl (C=O) groups is 2. The Kier molecular flexibility index (Phi) is 4.89. The van der Waals surface area contributed by atoms with Crippen molar-refractivity contribution >= 4 is 29.4 Å². The number of aliphatic carboxylic acids is 1. The van der Waals surface area contributed by atoms with E-state index < -0.39 is 12.0 Å². The molecule has 5 nitrogen and oxygen atoms in total. The van der Waals surface area contributed by atoms with Crippen molar-refractivity contribution in [2.75, 3.05) is 23.5 Å². The van der Waals surface area contributed by atoms with Gasteiger partial charge in [0.25, 0.3) is 0 Å². The average Bonchev–Trinajstić information content (AvgIpc) is 2.83. The summed E-state index contributed by atoms with van der Waals surface area (Å²) in [6.07, 6.45) is 3.25. The molecule has 20 heavy (non-hydrogen) atoms. The van der Waals surface area contributed by atoms with Crippen LogP contribution in [0.4, 0.5) is 10.5 Å². The number of nitrogens with zero attached hydrogens (tertiary/aromatic N) is 1. The third kappa shape index (κ3) is 3.07. The Hall–Kier alpha value is -1.69. The molecule has 108 valence electrons. The number of nitrogens with one attached hydrogen (secondary N) is 1. The second-order valence-corrected chi connectivity index (χ2v) is 5.62. The average molecular weight is 294 g/mol. The molecular weight excluding hydrogens is 276 g/mol. The molecule has 1 atom stereocenters. The van der Waals surface area contributed by atoms with E-state index in [9.17, 15) is 14.7 Å². The Balaban J connectivity index is 2.10. The highest BCUT2D eigenvalue weighted by atomic mass is 32.2. The number of amides is 2. The molecule has 1 aromatic rings. The molecule has 2 amide bonds. The van der Waals surface area contributed by atoms with Crippen molar-refractivity contribution in [3.05, 3.63) is 29.8 Å². The number of thioether (sulfide) groups is 1. The van der Waals surface area contributed by atoms with Crippen LogP contribution in [-0.2, 0) is 11.2 Å². The first kappa shape index (κ1) is 14.7. The van der Waals surface area contributed by atoms with Crippen molar-refractivity contribution < 1.29 is 14.7 Å². The molecular formula is C14H18N2O3S. The highest BCUT2D eigenvalue weighted by molar-refractivity contribution is 7.98. The Labute approximate surface area is 122 Å². The smallest absolute Gasteiger partial charge is 0.327 e. The van der Waals surface area contributed by atoms with E-state index in [2.05, 4.69) is 5.32 Å². The second-order valence-electron chi connectivity index (χ2n) is 4.64. The van der Waals surface area contributed by atoms with E-state index in [-0.39, 0.29) is 6.03 Å². The predicted molar refractivity (Wildman–Crippen MR) is 80.4 cm³/mol. The second kappa shape index (κ2) is 6.65. The van der Waals surface area contributed by atoms with Crippen LogP contribution in [0.5, 0.6) is 0 Å². The summed E-state index contributed by atoms with van der Waals surface area (Å²) in [5, 5.41) is 12.1. The number of carboxylic acids is 1. The maximum atomic E-state index is 12.2. The van der Waals surface area contributed by atoms with Gasteiger partial charge in [-0.3, -0.25) is 4.90 Å². The van der Waals surface area contributed by atoms with Gasteiger partial charge in [0, 0.05) is 18.7 Å². The lowest BCUT2D eigenvalue weighted by molar-refractivity contribution is -0.138. The molecule has 1 aliphatic heterocycles. The zero-order chi connectivity index (χ0) is 14.5. The van der Waals surface area contributed by atoms with Gasteiger partial charge in [-0.05, 0) is 30.1 Å². The molecule has 0 bridgehead atoms. The number of rotatable bonds is 5. The Morgan fingerprint density at radius 2 is 2.20 bits per heavy atom. The lowest BCUT2D eigenvalue weighted by atomic mass is 10.1. The molecule has 2 N–H and O–H groups in total. The van der Waals surface area contributed by atoms with Crippen LogP contribution in [-0.4, -0.2) is 41.7 Å². The number of hydrogen-bond donors (Lipinski definition) is 2. The predicted octanol–water partition coefficient (Wildman–Crippen LogP) is 1.97. The number of benzene rings is 1. The van der Waals surface area contributed by atoms with Gasteiger partial charge < -0.3 is 10.4 Å². The van der Waals surface area contributed by atoms with Crippen LogP contribution in [0.1, 0.15) is 12.0 Å². The van der Waals surface area contributed by atoms with Gasteiger partial charge in [-0.25, -0.2) is 9.59 Å². The third-order valence-electron chi connectivity index (χ3n) is 3.28. The van der Waals surface area contributed by atoms with Gasteiger partial charge in [-0.15, -0.1) is 0 Å². The molecule has 0 aliphatic carbocycles. The molecule has 6 heteroatoms. The molecule has 2 rings (SSSR count). The monoisotopic (exact) mass is 294 g/mol. The van der Waals surface area contributed by atoms with E-state index >= 15 is 0 Å². The number of fused-ring (bicyclic) bond motifs is 1.